The fourth-order valence-electron chi connectivity index (χ4n) is 3.62. The summed E-state index contributed by atoms with van der Waals surface area (Å²) in [4.78, 5) is 14.6. The van der Waals surface area contributed by atoms with Crippen LogP contribution < -0.4 is 10.6 Å². The van der Waals surface area contributed by atoms with E-state index in [-0.39, 0.29) is 18.5 Å². The van der Waals surface area contributed by atoms with Gasteiger partial charge in [0.2, 0.25) is 5.91 Å². The van der Waals surface area contributed by atoms with Gasteiger partial charge >= 0.3 is 0 Å². The van der Waals surface area contributed by atoms with Gasteiger partial charge in [0.05, 0.1) is 6.10 Å². The van der Waals surface area contributed by atoms with E-state index in [9.17, 15) is 9.90 Å². The van der Waals surface area contributed by atoms with E-state index in [1.54, 1.807) is 19.1 Å². The molecule has 0 spiro atoms. The average molecular weight is 472 g/mol. The molecule has 0 aromatic rings. The van der Waals surface area contributed by atoms with E-state index in [4.69, 9.17) is 4.74 Å². The summed E-state index contributed by atoms with van der Waals surface area (Å²) in [5.74, 6) is 0.196. The topological polar surface area (TPSA) is 73.8 Å². The van der Waals surface area contributed by atoms with Gasteiger partial charge in [-0.2, -0.15) is 0 Å². The first-order chi connectivity index (χ1) is 16.2. The van der Waals surface area contributed by atoms with Crippen molar-refractivity contribution in [3.05, 3.63) is 72.0 Å². The number of hydrogen-bond donors (Lipinski definition) is 3. The summed E-state index contributed by atoms with van der Waals surface area (Å²) in [6, 6.07) is 0.198. The molecule has 0 aromatic carbocycles. The standard InChI is InChI=1S/C28H45N3O3/c1-7-12-26(30-24(5)15-16-34-8-2)18-23(4)28(33)29-19-27(32)21-31(6)20-25-14-11-9-10-13-22(3)17-25/h7,10-14,17-18,22,24,27,30,32H,1,8-9,15-16,19-21H2,2-6H3,(H,29,33)/b13-10-,14-11?,23-18+,25-17?,26-12+. The van der Waals surface area contributed by atoms with Crippen molar-refractivity contribution in [1.29, 1.82) is 0 Å². The van der Waals surface area contributed by atoms with Crippen molar-refractivity contribution >= 4 is 5.91 Å². The average Bonchev–Trinajstić information content (AvgIpc) is 2.75. The SMILES string of the molecule is C=C/C=C(\C=C(/C)C(=O)NCC(O)CN(C)CC1=CC(C)/C=C\CC=C1)NC(C)CCOCC. The molecule has 3 unspecified atom stereocenters. The molecule has 0 saturated carbocycles. The van der Waals surface area contributed by atoms with Crippen LogP contribution in [0.3, 0.4) is 0 Å². The molecule has 3 N–H and O–H groups in total. The van der Waals surface area contributed by atoms with Gasteiger partial charge in [-0.1, -0.05) is 50.0 Å². The fourth-order valence-corrected chi connectivity index (χ4v) is 3.62. The molecule has 1 amide bonds. The van der Waals surface area contributed by atoms with E-state index in [1.807, 2.05) is 20.0 Å². The number of rotatable bonds is 15. The Morgan fingerprint density at radius 1 is 1.41 bits per heavy atom. The number of ether oxygens (including phenoxy) is 1. The minimum absolute atomic E-state index is 0.196. The molecule has 1 aliphatic carbocycles. The van der Waals surface area contributed by atoms with Crippen LogP contribution in [-0.2, 0) is 9.53 Å². The van der Waals surface area contributed by atoms with Crippen molar-refractivity contribution in [2.45, 2.75) is 52.7 Å². The second-order valence-corrected chi connectivity index (χ2v) is 8.94. The summed E-state index contributed by atoms with van der Waals surface area (Å²) < 4.78 is 5.41. The zero-order chi connectivity index (χ0) is 25.3. The summed E-state index contributed by atoms with van der Waals surface area (Å²) in [6.45, 7) is 14.6. The molecule has 0 heterocycles. The Balaban J connectivity index is 2.53. The first kappa shape index (κ1) is 29.6. The van der Waals surface area contributed by atoms with Crippen molar-refractivity contribution in [1.82, 2.24) is 15.5 Å². The van der Waals surface area contributed by atoms with E-state index < -0.39 is 6.10 Å². The number of carbonyl (C=O) groups excluding carboxylic acids is 1. The predicted molar refractivity (Wildman–Crippen MR) is 142 cm³/mol. The molecule has 0 saturated heterocycles. The quantitative estimate of drug-likeness (QED) is 0.146. The van der Waals surface area contributed by atoms with E-state index in [0.29, 0.717) is 31.2 Å². The minimum Gasteiger partial charge on any atom is -0.390 e. The summed E-state index contributed by atoms with van der Waals surface area (Å²) in [7, 11) is 1.98. The number of aliphatic hydroxyl groups is 1. The molecule has 34 heavy (non-hydrogen) atoms. The third-order valence-electron chi connectivity index (χ3n) is 5.33. The van der Waals surface area contributed by atoms with Crippen LogP contribution in [0, 0.1) is 5.92 Å². The highest BCUT2D eigenvalue weighted by molar-refractivity contribution is 5.93. The Kier molecular flexibility index (Phi) is 14.9. The normalized spacial score (nSPS) is 19.6. The van der Waals surface area contributed by atoms with Gasteiger partial charge in [0, 0.05) is 50.2 Å². The van der Waals surface area contributed by atoms with Gasteiger partial charge in [-0.25, -0.2) is 0 Å². The zero-order valence-corrected chi connectivity index (χ0v) is 21.7. The maximum atomic E-state index is 12.6. The van der Waals surface area contributed by atoms with E-state index in [2.05, 4.69) is 66.3 Å². The molecule has 6 heteroatoms. The molecule has 0 fully saturated rings. The third-order valence-corrected chi connectivity index (χ3v) is 5.33. The lowest BCUT2D eigenvalue weighted by atomic mass is 10.0. The van der Waals surface area contributed by atoms with Gasteiger partial charge in [0.15, 0.2) is 0 Å². The maximum absolute atomic E-state index is 12.6. The lowest BCUT2D eigenvalue weighted by Crippen LogP contribution is -2.39. The molecule has 0 aromatic heterocycles. The molecule has 0 radical (unpaired) electrons. The number of nitrogens with one attached hydrogen (secondary N) is 2. The van der Waals surface area contributed by atoms with Crippen molar-refractivity contribution in [2.75, 3.05) is 39.9 Å². The largest absolute Gasteiger partial charge is 0.390 e. The highest BCUT2D eigenvalue weighted by Crippen LogP contribution is 2.12. The molecular weight excluding hydrogens is 426 g/mol. The molecule has 6 nitrogen and oxygen atoms in total. The highest BCUT2D eigenvalue weighted by atomic mass is 16.5. The molecule has 0 bridgehead atoms. The minimum atomic E-state index is -0.655. The van der Waals surface area contributed by atoms with Gasteiger partial charge in [0.1, 0.15) is 0 Å². The predicted octanol–water partition coefficient (Wildman–Crippen LogP) is 3.89. The maximum Gasteiger partial charge on any atom is 0.247 e. The number of allylic oxidation sites excluding steroid dienone is 7. The Morgan fingerprint density at radius 2 is 2.18 bits per heavy atom. The van der Waals surface area contributed by atoms with Gasteiger partial charge in [-0.05, 0) is 64.3 Å². The van der Waals surface area contributed by atoms with Crippen LogP contribution in [0.25, 0.3) is 0 Å². The second kappa shape index (κ2) is 17.1. The highest BCUT2D eigenvalue weighted by Gasteiger charge is 2.13. The number of carbonyl (C=O) groups is 1. The van der Waals surface area contributed by atoms with Crippen LogP contribution in [0.15, 0.2) is 72.0 Å². The van der Waals surface area contributed by atoms with E-state index in [0.717, 1.165) is 25.1 Å². The van der Waals surface area contributed by atoms with Gasteiger partial charge in [0.25, 0.3) is 0 Å². The number of amides is 1. The second-order valence-electron chi connectivity index (χ2n) is 8.94. The summed E-state index contributed by atoms with van der Waals surface area (Å²) >= 11 is 0. The van der Waals surface area contributed by atoms with E-state index >= 15 is 0 Å². The zero-order valence-electron chi connectivity index (χ0n) is 21.7. The van der Waals surface area contributed by atoms with Crippen LogP contribution in [0.5, 0.6) is 0 Å². The smallest absolute Gasteiger partial charge is 0.247 e. The lowest BCUT2D eigenvalue weighted by molar-refractivity contribution is -0.117. The van der Waals surface area contributed by atoms with Crippen LogP contribution in [0.2, 0.25) is 0 Å². The number of likely N-dealkylation sites (N-methyl/N-ethyl adjacent to an activating group) is 1. The summed E-state index contributed by atoms with van der Waals surface area (Å²) in [6.07, 6.45) is 17.4. The van der Waals surface area contributed by atoms with Crippen molar-refractivity contribution in [2.24, 2.45) is 5.92 Å². The number of hydrogen-bond acceptors (Lipinski definition) is 5. The van der Waals surface area contributed by atoms with Crippen LogP contribution in [-0.4, -0.2) is 68.0 Å². The molecular formula is C28H45N3O3. The van der Waals surface area contributed by atoms with Crippen molar-refractivity contribution in [3.63, 3.8) is 0 Å². The Bertz CT molecular complexity index is 780. The monoisotopic (exact) mass is 471 g/mol. The third kappa shape index (κ3) is 13.3. The van der Waals surface area contributed by atoms with E-state index in [1.165, 1.54) is 5.57 Å². The Morgan fingerprint density at radius 3 is 2.88 bits per heavy atom. The Hall–Kier alpha value is -2.41. The van der Waals surface area contributed by atoms with Gasteiger partial charge in [-0.15, -0.1) is 0 Å². The van der Waals surface area contributed by atoms with Crippen molar-refractivity contribution < 1.29 is 14.6 Å². The molecule has 3 atom stereocenters. The molecule has 190 valence electrons. The molecule has 0 aliphatic heterocycles. The fraction of sp³-hybridized carbons (Fsp3) is 0.536. The summed E-state index contributed by atoms with van der Waals surface area (Å²) in [5.41, 5.74) is 2.61. The molecule has 1 aliphatic rings. The van der Waals surface area contributed by atoms with Crippen LogP contribution in [0.1, 0.15) is 40.5 Å². The number of aliphatic hydroxyl groups excluding tert-OH is 1. The number of nitrogens with zero attached hydrogens (tertiary/aromatic N) is 1. The first-order valence-corrected chi connectivity index (χ1v) is 12.3. The van der Waals surface area contributed by atoms with Gasteiger partial charge < -0.3 is 20.5 Å². The first-order valence-electron chi connectivity index (χ1n) is 12.3. The van der Waals surface area contributed by atoms with Crippen LogP contribution >= 0.6 is 0 Å². The summed E-state index contributed by atoms with van der Waals surface area (Å²) in [5, 5.41) is 16.7. The lowest BCUT2D eigenvalue weighted by Gasteiger charge is -2.22. The van der Waals surface area contributed by atoms with Crippen LogP contribution in [0.4, 0.5) is 0 Å². The Labute approximate surface area is 206 Å². The van der Waals surface area contributed by atoms with Crippen molar-refractivity contribution in [3.8, 4) is 0 Å². The van der Waals surface area contributed by atoms with Gasteiger partial charge in [-0.3, -0.25) is 9.69 Å². The molecule has 1 rings (SSSR count).